The zero-order valence-electron chi connectivity index (χ0n) is 11.9. The normalized spacial score (nSPS) is 13.0. The van der Waals surface area contributed by atoms with E-state index in [2.05, 4.69) is 4.98 Å². The molecule has 0 atom stereocenters. The summed E-state index contributed by atoms with van der Waals surface area (Å²) in [4.78, 5) is 4.42. The summed E-state index contributed by atoms with van der Waals surface area (Å²) in [6.07, 6.45) is 2.55. The van der Waals surface area contributed by atoms with Crippen LogP contribution in [0.25, 0.3) is 10.9 Å². The van der Waals surface area contributed by atoms with Gasteiger partial charge in [0.15, 0.2) is 11.5 Å². The fourth-order valence-corrected chi connectivity index (χ4v) is 3.08. The lowest BCUT2D eigenvalue weighted by atomic mass is 10.1. The summed E-state index contributed by atoms with van der Waals surface area (Å²) in [6.45, 7) is 1.16. The molecule has 0 radical (unpaired) electrons. The summed E-state index contributed by atoms with van der Waals surface area (Å²) in [6, 6.07) is 13.8. The molecular weight excluding hydrogens is 298 g/mol. The van der Waals surface area contributed by atoms with Crippen molar-refractivity contribution in [1.82, 2.24) is 4.98 Å². The first-order chi connectivity index (χ1) is 10.8. The monoisotopic (exact) mass is 311 g/mol. The van der Waals surface area contributed by atoms with Gasteiger partial charge in [-0.15, -0.1) is 0 Å². The largest absolute Gasteiger partial charge is 0.489 e. The average molecular weight is 312 g/mol. The second-order valence-corrected chi connectivity index (χ2v) is 5.65. The quantitative estimate of drug-likeness (QED) is 0.718. The van der Waals surface area contributed by atoms with Gasteiger partial charge >= 0.3 is 0 Å². The van der Waals surface area contributed by atoms with Gasteiger partial charge < -0.3 is 9.47 Å². The number of pyridine rings is 1. The molecule has 0 N–H and O–H groups in total. The summed E-state index contributed by atoms with van der Waals surface area (Å²) in [5.74, 6) is 1.54. The lowest BCUT2D eigenvalue weighted by Crippen LogP contribution is -1.98. The summed E-state index contributed by atoms with van der Waals surface area (Å²) in [5.41, 5.74) is 3.06. The third kappa shape index (κ3) is 2.28. The molecule has 1 aliphatic rings. The Balaban J connectivity index is 1.75. The van der Waals surface area contributed by atoms with Gasteiger partial charge in [0.25, 0.3) is 0 Å². The van der Waals surface area contributed by atoms with Crippen LogP contribution in [0, 0.1) is 0 Å². The van der Waals surface area contributed by atoms with Crippen LogP contribution in [0.1, 0.15) is 11.1 Å². The lowest BCUT2D eigenvalue weighted by Gasteiger charge is -2.13. The number of benzene rings is 2. The zero-order valence-corrected chi connectivity index (χ0v) is 12.6. The maximum absolute atomic E-state index is 6.33. The van der Waals surface area contributed by atoms with Crippen LogP contribution in [-0.2, 0) is 13.0 Å². The van der Waals surface area contributed by atoms with E-state index in [0.29, 0.717) is 18.2 Å². The Bertz CT molecular complexity index is 833. The van der Waals surface area contributed by atoms with E-state index in [0.717, 1.165) is 39.9 Å². The highest BCUT2D eigenvalue weighted by Crippen LogP contribution is 2.43. The first-order valence-electron chi connectivity index (χ1n) is 7.22. The third-order valence-corrected chi connectivity index (χ3v) is 4.15. The van der Waals surface area contributed by atoms with Crippen molar-refractivity contribution in [3.63, 3.8) is 0 Å². The van der Waals surface area contributed by atoms with Crippen LogP contribution in [-0.4, -0.2) is 11.6 Å². The van der Waals surface area contributed by atoms with Crippen molar-refractivity contribution in [2.24, 2.45) is 0 Å². The number of hydrogen-bond acceptors (Lipinski definition) is 3. The number of ether oxygens (including phenoxy) is 2. The molecule has 2 aromatic carbocycles. The van der Waals surface area contributed by atoms with Crippen LogP contribution >= 0.6 is 11.6 Å². The average Bonchev–Trinajstić information content (AvgIpc) is 3.03. The second-order valence-electron chi connectivity index (χ2n) is 5.24. The van der Waals surface area contributed by atoms with Gasteiger partial charge in [0.2, 0.25) is 0 Å². The topological polar surface area (TPSA) is 31.4 Å². The van der Waals surface area contributed by atoms with Crippen LogP contribution in [0.2, 0.25) is 5.02 Å². The molecule has 1 aliphatic heterocycles. The summed E-state index contributed by atoms with van der Waals surface area (Å²) in [5, 5.41) is 1.69. The summed E-state index contributed by atoms with van der Waals surface area (Å²) in [7, 11) is 0. The molecule has 0 saturated heterocycles. The Kier molecular flexibility index (Phi) is 3.35. The standard InChI is InChI=1S/C18H14ClNO2/c19-14-6-8-20-15-10-16(18-13(17(14)15)7-9-21-18)22-11-12-4-2-1-3-5-12/h1-6,8,10H,7,9,11H2. The molecule has 0 bridgehead atoms. The van der Waals surface area contributed by atoms with Crippen molar-refractivity contribution < 1.29 is 9.47 Å². The number of aromatic nitrogens is 1. The van der Waals surface area contributed by atoms with E-state index < -0.39 is 0 Å². The van der Waals surface area contributed by atoms with Crippen LogP contribution in [0.4, 0.5) is 0 Å². The van der Waals surface area contributed by atoms with E-state index >= 15 is 0 Å². The molecular formula is C18H14ClNO2. The van der Waals surface area contributed by atoms with E-state index in [4.69, 9.17) is 21.1 Å². The summed E-state index contributed by atoms with van der Waals surface area (Å²) < 4.78 is 11.7. The van der Waals surface area contributed by atoms with E-state index in [1.807, 2.05) is 42.5 Å². The van der Waals surface area contributed by atoms with Gasteiger partial charge in [-0.2, -0.15) is 0 Å². The third-order valence-electron chi connectivity index (χ3n) is 3.83. The number of halogens is 1. The highest BCUT2D eigenvalue weighted by Gasteiger charge is 2.23. The van der Waals surface area contributed by atoms with Crippen LogP contribution in [0.3, 0.4) is 0 Å². The second kappa shape index (κ2) is 5.50. The molecule has 0 aliphatic carbocycles. The summed E-state index contributed by atoms with van der Waals surface area (Å²) >= 11 is 6.33. The molecule has 4 rings (SSSR count). The molecule has 0 unspecified atom stereocenters. The predicted molar refractivity (Wildman–Crippen MR) is 86.7 cm³/mol. The van der Waals surface area contributed by atoms with Gasteiger partial charge in [-0.1, -0.05) is 41.9 Å². The Hall–Kier alpha value is -2.26. The van der Waals surface area contributed by atoms with Gasteiger partial charge in [-0.05, 0) is 11.6 Å². The Morgan fingerprint density at radius 3 is 2.91 bits per heavy atom. The van der Waals surface area contributed by atoms with Crippen LogP contribution in [0.5, 0.6) is 11.5 Å². The molecule has 0 fully saturated rings. The smallest absolute Gasteiger partial charge is 0.165 e. The van der Waals surface area contributed by atoms with Crippen molar-refractivity contribution in [2.75, 3.05) is 6.61 Å². The van der Waals surface area contributed by atoms with Gasteiger partial charge in [-0.3, -0.25) is 4.98 Å². The molecule has 110 valence electrons. The van der Waals surface area contributed by atoms with Crippen LogP contribution in [0.15, 0.2) is 48.7 Å². The molecule has 22 heavy (non-hydrogen) atoms. The van der Waals surface area contributed by atoms with E-state index in [9.17, 15) is 0 Å². The number of hydrogen-bond donors (Lipinski definition) is 0. The van der Waals surface area contributed by atoms with Gasteiger partial charge in [0.1, 0.15) is 6.61 Å². The molecule has 0 amide bonds. The van der Waals surface area contributed by atoms with Crippen LogP contribution < -0.4 is 9.47 Å². The number of nitrogens with zero attached hydrogens (tertiary/aromatic N) is 1. The first-order valence-corrected chi connectivity index (χ1v) is 7.60. The Morgan fingerprint density at radius 2 is 2.05 bits per heavy atom. The molecule has 3 nitrogen and oxygen atoms in total. The van der Waals surface area contributed by atoms with E-state index in [1.165, 1.54) is 0 Å². The minimum Gasteiger partial charge on any atom is -0.489 e. The lowest BCUT2D eigenvalue weighted by molar-refractivity contribution is 0.277. The SMILES string of the molecule is Clc1ccnc2cc(OCc3ccccc3)c3c(c12)CCO3. The van der Waals surface area contributed by atoms with Gasteiger partial charge in [-0.25, -0.2) is 0 Å². The highest BCUT2D eigenvalue weighted by atomic mass is 35.5. The minimum atomic E-state index is 0.503. The molecule has 0 saturated carbocycles. The molecule has 3 aromatic rings. The Morgan fingerprint density at radius 1 is 1.18 bits per heavy atom. The van der Waals surface area contributed by atoms with Crippen molar-refractivity contribution in [1.29, 1.82) is 0 Å². The fourth-order valence-electron chi connectivity index (χ4n) is 2.81. The highest BCUT2D eigenvalue weighted by molar-refractivity contribution is 6.35. The zero-order chi connectivity index (χ0) is 14.9. The van der Waals surface area contributed by atoms with Crippen molar-refractivity contribution >= 4 is 22.5 Å². The molecule has 2 heterocycles. The van der Waals surface area contributed by atoms with E-state index in [-0.39, 0.29) is 0 Å². The van der Waals surface area contributed by atoms with Crippen molar-refractivity contribution in [3.8, 4) is 11.5 Å². The van der Waals surface area contributed by atoms with Gasteiger partial charge in [0, 0.05) is 29.6 Å². The van der Waals surface area contributed by atoms with Crippen molar-refractivity contribution in [3.05, 3.63) is 64.8 Å². The van der Waals surface area contributed by atoms with E-state index in [1.54, 1.807) is 6.20 Å². The molecule has 0 spiro atoms. The molecule has 1 aromatic heterocycles. The maximum atomic E-state index is 6.33. The van der Waals surface area contributed by atoms with Gasteiger partial charge in [0.05, 0.1) is 17.1 Å². The number of fused-ring (bicyclic) bond motifs is 3. The number of rotatable bonds is 3. The molecule has 4 heteroatoms. The fraction of sp³-hybridized carbons (Fsp3) is 0.167. The maximum Gasteiger partial charge on any atom is 0.165 e. The minimum absolute atomic E-state index is 0.503. The van der Waals surface area contributed by atoms with Crippen molar-refractivity contribution in [2.45, 2.75) is 13.0 Å². The Labute approximate surface area is 133 Å². The first kappa shape index (κ1) is 13.4. The predicted octanol–water partition coefficient (Wildman–Crippen LogP) is 4.40.